The first-order valence-corrected chi connectivity index (χ1v) is 8.70. The fourth-order valence-electron chi connectivity index (χ4n) is 3.14. The van der Waals surface area contributed by atoms with E-state index in [0.717, 1.165) is 0 Å². The van der Waals surface area contributed by atoms with Crippen LogP contribution in [0.15, 0.2) is 66.1 Å². The van der Waals surface area contributed by atoms with Crippen molar-refractivity contribution < 1.29 is 41.1 Å². The summed E-state index contributed by atoms with van der Waals surface area (Å²) >= 11 is 0. The van der Waals surface area contributed by atoms with Crippen LogP contribution in [0.5, 0.6) is 0 Å². The van der Waals surface area contributed by atoms with Gasteiger partial charge < -0.3 is 29.4 Å². The fourth-order valence-corrected chi connectivity index (χ4v) is 3.14. The van der Waals surface area contributed by atoms with Crippen LogP contribution in [0.1, 0.15) is 13.8 Å². The Morgan fingerprint density at radius 2 is 1.81 bits per heavy atom. The van der Waals surface area contributed by atoms with Crippen LogP contribution in [0, 0.1) is 0 Å². The zero-order valence-corrected chi connectivity index (χ0v) is 16.7. The number of ether oxygens (including phenoxy) is 4. The van der Waals surface area contributed by atoms with Crippen molar-refractivity contribution in [2.45, 2.75) is 44.2 Å². The summed E-state index contributed by atoms with van der Waals surface area (Å²) in [5.41, 5.74) is 0.636. The van der Waals surface area contributed by atoms with E-state index in [1.807, 2.05) is 56.3 Å². The molecule has 4 atom stereocenters. The summed E-state index contributed by atoms with van der Waals surface area (Å²) in [7, 11) is 1.57. The molecular formula is C20H25FeNO5. The minimum absolute atomic E-state index is 0. The van der Waals surface area contributed by atoms with E-state index < -0.39 is 12.1 Å². The van der Waals surface area contributed by atoms with E-state index in [2.05, 4.69) is 5.32 Å². The predicted octanol–water partition coefficient (Wildman–Crippen LogP) is 1.57. The standard InChI is InChI=1S/C15H21NO5.C5H5.Fe/c1-15(2)20-11-10(19-14(18-3)12(11)21-15)8-16-13(17)9-6-4-5-7-9;1-2-4-5-3-1;/h4-7,10-12,14,16-17H,8H2,1-3H3;1-5H;/q;-1;+2/p-1/t10-,11-,12-,14-;;/m1../s1. The molecule has 0 saturated carbocycles. The molecule has 0 aromatic heterocycles. The van der Waals surface area contributed by atoms with E-state index in [0.29, 0.717) is 12.1 Å². The SMILES string of the molecule is CO[C@@H]1O[C@H](CNC([O-])=C2C=CC=C2)[C@H]2OC(C)(C)O[C@@H]12.[Fe+2].c1cc[cH-]c1. The molecule has 2 heterocycles. The predicted molar refractivity (Wildman–Crippen MR) is 94.8 cm³/mol. The Morgan fingerprint density at radius 3 is 2.37 bits per heavy atom. The molecule has 6 nitrogen and oxygen atoms in total. The molecule has 27 heavy (non-hydrogen) atoms. The van der Waals surface area contributed by atoms with Crippen LogP contribution in [0.2, 0.25) is 0 Å². The third kappa shape index (κ3) is 5.51. The maximum Gasteiger partial charge on any atom is 2.00 e. The molecule has 0 bridgehead atoms. The summed E-state index contributed by atoms with van der Waals surface area (Å²) in [4.78, 5) is 0. The molecule has 1 aromatic carbocycles. The van der Waals surface area contributed by atoms with Crippen LogP contribution in [-0.4, -0.2) is 44.0 Å². The second-order valence-corrected chi connectivity index (χ2v) is 6.69. The molecule has 2 fully saturated rings. The van der Waals surface area contributed by atoms with Crippen LogP contribution in [0.4, 0.5) is 0 Å². The molecule has 2 aliphatic heterocycles. The quantitative estimate of drug-likeness (QED) is 0.458. The van der Waals surface area contributed by atoms with Crippen LogP contribution >= 0.6 is 0 Å². The number of hydrogen-bond acceptors (Lipinski definition) is 6. The van der Waals surface area contributed by atoms with Crippen molar-refractivity contribution in [1.29, 1.82) is 0 Å². The van der Waals surface area contributed by atoms with Crippen molar-refractivity contribution in [3.8, 4) is 0 Å². The summed E-state index contributed by atoms with van der Waals surface area (Å²) in [6, 6.07) is 10.0. The van der Waals surface area contributed by atoms with Gasteiger partial charge in [0, 0.05) is 13.7 Å². The van der Waals surface area contributed by atoms with E-state index in [-0.39, 0.29) is 41.3 Å². The first-order valence-electron chi connectivity index (χ1n) is 8.70. The van der Waals surface area contributed by atoms with Crippen LogP contribution in [0.25, 0.3) is 0 Å². The van der Waals surface area contributed by atoms with Crippen molar-refractivity contribution in [2.24, 2.45) is 0 Å². The molecule has 1 aliphatic carbocycles. The third-order valence-corrected chi connectivity index (χ3v) is 4.28. The molecule has 0 amide bonds. The molecule has 3 aliphatic rings. The van der Waals surface area contributed by atoms with E-state index in [1.54, 1.807) is 19.3 Å². The Kier molecular flexibility index (Phi) is 7.79. The first-order chi connectivity index (χ1) is 12.5. The Bertz CT molecular complexity index is 637. The first kappa shape index (κ1) is 21.8. The van der Waals surface area contributed by atoms with Crippen molar-refractivity contribution in [3.63, 3.8) is 0 Å². The Balaban J connectivity index is 0.000000379. The molecule has 148 valence electrons. The van der Waals surface area contributed by atoms with E-state index in [9.17, 15) is 5.11 Å². The number of fused-ring (bicyclic) bond motifs is 1. The van der Waals surface area contributed by atoms with E-state index in [4.69, 9.17) is 18.9 Å². The van der Waals surface area contributed by atoms with Gasteiger partial charge in [-0.3, -0.25) is 0 Å². The van der Waals surface area contributed by atoms with E-state index in [1.165, 1.54) is 0 Å². The van der Waals surface area contributed by atoms with Gasteiger partial charge >= 0.3 is 17.1 Å². The van der Waals surface area contributed by atoms with Crippen LogP contribution in [-0.2, 0) is 36.0 Å². The third-order valence-electron chi connectivity index (χ3n) is 4.28. The average molecular weight is 415 g/mol. The van der Waals surface area contributed by atoms with Crippen LogP contribution < -0.4 is 10.4 Å². The Hall–Kier alpha value is -1.47. The summed E-state index contributed by atoms with van der Waals surface area (Å²) in [5.74, 6) is -0.789. The molecule has 1 N–H and O–H groups in total. The van der Waals surface area contributed by atoms with Gasteiger partial charge in [0.1, 0.15) is 18.3 Å². The van der Waals surface area contributed by atoms with Crippen molar-refractivity contribution in [2.75, 3.05) is 13.7 Å². The maximum atomic E-state index is 12.0. The topological polar surface area (TPSA) is 72.0 Å². The average Bonchev–Trinajstić information content (AvgIpc) is 3.38. The fraction of sp³-hybridized carbons (Fsp3) is 0.450. The largest absolute Gasteiger partial charge is 2.00 e. The minimum Gasteiger partial charge on any atom is -0.860 e. The maximum absolute atomic E-state index is 12.0. The molecule has 0 radical (unpaired) electrons. The van der Waals surface area contributed by atoms with Gasteiger partial charge in [-0.1, -0.05) is 24.3 Å². The number of rotatable bonds is 4. The minimum atomic E-state index is -0.663. The zero-order valence-electron chi connectivity index (χ0n) is 15.6. The van der Waals surface area contributed by atoms with Crippen molar-refractivity contribution in [1.82, 2.24) is 5.32 Å². The second-order valence-electron chi connectivity index (χ2n) is 6.69. The van der Waals surface area contributed by atoms with Gasteiger partial charge in [0.2, 0.25) is 0 Å². The van der Waals surface area contributed by atoms with Crippen molar-refractivity contribution >= 4 is 0 Å². The molecule has 1 aromatic rings. The molecule has 0 unspecified atom stereocenters. The van der Waals surface area contributed by atoms with Gasteiger partial charge in [-0.25, -0.2) is 12.1 Å². The molecule has 4 rings (SSSR count). The second kappa shape index (κ2) is 9.64. The zero-order chi connectivity index (χ0) is 18.6. The summed E-state index contributed by atoms with van der Waals surface area (Å²) in [6.45, 7) is 4.07. The number of hydrogen-bond donors (Lipinski definition) is 1. The number of methoxy groups -OCH3 is 1. The van der Waals surface area contributed by atoms with E-state index >= 15 is 0 Å². The van der Waals surface area contributed by atoms with Gasteiger partial charge in [-0.2, -0.15) is 18.2 Å². The molecule has 7 heteroatoms. The van der Waals surface area contributed by atoms with Gasteiger partial charge in [0.25, 0.3) is 0 Å². The monoisotopic (exact) mass is 415 g/mol. The van der Waals surface area contributed by atoms with Crippen molar-refractivity contribution in [3.05, 3.63) is 66.1 Å². The molecule has 2 saturated heterocycles. The summed E-state index contributed by atoms with van der Waals surface area (Å²) in [6.07, 6.45) is 5.91. The van der Waals surface area contributed by atoms with Crippen LogP contribution in [0.3, 0.4) is 0 Å². The molecular weight excluding hydrogens is 390 g/mol. The molecule has 0 spiro atoms. The summed E-state index contributed by atoms with van der Waals surface area (Å²) < 4.78 is 22.7. The Labute approximate surface area is 170 Å². The summed E-state index contributed by atoms with van der Waals surface area (Å²) in [5, 5.41) is 14.8. The number of nitrogens with one attached hydrogen (secondary N) is 1. The van der Waals surface area contributed by atoms with Gasteiger partial charge in [0.15, 0.2) is 12.1 Å². The van der Waals surface area contributed by atoms with Gasteiger partial charge in [0.05, 0.1) is 0 Å². The smallest absolute Gasteiger partial charge is 0.860 e. The Morgan fingerprint density at radius 1 is 1.19 bits per heavy atom. The number of allylic oxidation sites excluding steroid dienone is 5. The van der Waals surface area contributed by atoms with Gasteiger partial charge in [-0.15, -0.1) is 0 Å². The van der Waals surface area contributed by atoms with Gasteiger partial charge in [-0.05, 0) is 25.3 Å². The normalized spacial score (nSPS) is 29.7.